The number of allylic oxidation sites excluding steroid dienone is 4. The summed E-state index contributed by atoms with van der Waals surface area (Å²) in [6, 6.07) is 66.0. The van der Waals surface area contributed by atoms with Gasteiger partial charge in [0.05, 0.1) is 5.04 Å². The molecule has 0 amide bonds. The molecule has 0 fully saturated rings. The van der Waals surface area contributed by atoms with Crippen LogP contribution in [-0.2, 0) is 16.2 Å². The fourth-order valence-electron chi connectivity index (χ4n) is 12.8. The third-order valence-corrected chi connectivity index (χ3v) is 17.3. The minimum absolute atomic E-state index is 0.109. The fourth-order valence-corrected chi connectivity index (χ4v) is 13.6. The van der Waals surface area contributed by atoms with E-state index in [-0.39, 0.29) is 16.2 Å². The van der Waals surface area contributed by atoms with Crippen molar-refractivity contribution in [1.82, 2.24) is 0 Å². The maximum Gasteiger partial charge on any atom is 0.0990 e. The highest BCUT2D eigenvalue weighted by Gasteiger charge is 2.41. The molecule has 1 nitrogen and oxygen atoms in total. The Hall–Kier alpha value is -7.00. The molecule has 0 saturated heterocycles. The third-order valence-electron chi connectivity index (χ3n) is 16.3. The topological polar surface area (TPSA) is 23.9 Å². The van der Waals surface area contributed by atoms with Gasteiger partial charge >= 0.3 is 0 Å². The summed E-state index contributed by atoms with van der Waals surface area (Å²) in [5, 5.41) is 14.6. The molecule has 0 aromatic heterocycles. The van der Waals surface area contributed by atoms with Crippen LogP contribution >= 0.6 is 11.8 Å². The number of fused-ring (bicyclic) bond motifs is 10. The summed E-state index contributed by atoms with van der Waals surface area (Å²) in [7, 11) is 0. The van der Waals surface area contributed by atoms with Crippen LogP contribution in [0, 0.1) is 5.41 Å². The smallest absolute Gasteiger partial charge is 0.0990 e. The lowest BCUT2D eigenvalue weighted by Gasteiger charge is -2.27. The monoisotopic (exact) mass is 891 g/mol. The van der Waals surface area contributed by atoms with Gasteiger partial charge in [-0.1, -0.05) is 199 Å². The lowest BCUT2D eigenvalue weighted by Crippen LogP contribution is -2.17. The lowest BCUT2D eigenvalue weighted by atomic mass is 9.76. The van der Waals surface area contributed by atoms with E-state index in [1.165, 1.54) is 133 Å². The van der Waals surface area contributed by atoms with Crippen molar-refractivity contribution in [2.45, 2.75) is 75.5 Å². The summed E-state index contributed by atoms with van der Waals surface area (Å²) in [5.41, 5.74) is 25.1. The summed E-state index contributed by atoms with van der Waals surface area (Å²) in [4.78, 5) is 1.09. The maximum absolute atomic E-state index is 8.85. The average Bonchev–Trinajstić information content (AvgIpc) is 3.84. The normalized spacial score (nSPS) is 16.5. The minimum atomic E-state index is -0.201. The summed E-state index contributed by atoms with van der Waals surface area (Å²) in [5.74, 6) is 0. The molecule has 0 radical (unpaired) electrons. The van der Waals surface area contributed by atoms with E-state index in [9.17, 15) is 0 Å². The number of hydrogen-bond donors (Lipinski definition) is 1. The first-order chi connectivity index (χ1) is 32.9. The van der Waals surface area contributed by atoms with Crippen molar-refractivity contribution in [3.63, 3.8) is 0 Å². The van der Waals surface area contributed by atoms with E-state index >= 15 is 0 Å². The predicted octanol–water partition coefficient (Wildman–Crippen LogP) is 18.0. The van der Waals surface area contributed by atoms with Gasteiger partial charge in [-0.15, -0.1) is 0 Å². The number of hydrogen-bond acceptors (Lipinski definition) is 2. The van der Waals surface area contributed by atoms with Crippen LogP contribution in [0.15, 0.2) is 192 Å². The molecule has 0 atom stereocenters. The summed E-state index contributed by atoms with van der Waals surface area (Å²) >= 11 is 1.51. The molecule has 68 heavy (non-hydrogen) atoms. The van der Waals surface area contributed by atoms with Crippen LogP contribution in [0.1, 0.15) is 98.9 Å². The molecule has 4 aliphatic rings. The van der Waals surface area contributed by atoms with Crippen LogP contribution in [0.2, 0.25) is 0 Å². The van der Waals surface area contributed by atoms with Crippen molar-refractivity contribution in [1.29, 1.82) is 5.41 Å². The molecule has 0 heterocycles. The van der Waals surface area contributed by atoms with E-state index in [1.807, 2.05) is 18.2 Å². The third kappa shape index (κ3) is 5.93. The number of rotatable bonds is 5. The van der Waals surface area contributed by atoms with Crippen molar-refractivity contribution >= 4 is 49.5 Å². The van der Waals surface area contributed by atoms with Gasteiger partial charge in [0.1, 0.15) is 0 Å². The molecule has 9 aromatic carbocycles. The molecule has 0 unspecified atom stereocenters. The Morgan fingerprint density at radius 3 is 1.49 bits per heavy atom. The Morgan fingerprint density at radius 2 is 0.897 bits per heavy atom. The second-order valence-electron chi connectivity index (χ2n) is 21.1. The van der Waals surface area contributed by atoms with Crippen LogP contribution in [0.25, 0.3) is 77.2 Å². The molecule has 0 spiro atoms. The second-order valence-corrected chi connectivity index (χ2v) is 22.2. The van der Waals surface area contributed by atoms with Crippen LogP contribution in [-0.4, -0.2) is 5.04 Å². The van der Waals surface area contributed by atoms with Gasteiger partial charge in [0.2, 0.25) is 0 Å². The summed E-state index contributed by atoms with van der Waals surface area (Å²) in [6.07, 6.45) is 4.49. The molecular weight excluding hydrogens is 839 g/mol. The molecular formula is C66H53NS. The molecule has 0 aliphatic heterocycles. The lowest BCUT2D eigenvalue weighted by molar-refractivity contribution is 0.653. The highest BCUT2D eigenvalue weighted by molar-refractivity contribution is 8.14. The molecule has 328 valence electrons. The Kier molecular flexibility index (Phi) is 8.94. The van der Waals surface area contributed by atoms with Gasteiger partial charge in [0.25, 0.3) is 0 Å². The molecule has 1 N–H and O–H groups in total. The SMILES string of the molecule is CC1(C)C2=C(CCC(c3ccc(C(=N)Sc4ccccc4)cc3)=C2)c2cc3c(-c4ccc5c(c4)C(C)(C)c4ccccc4-5)c4ccccc4c(-c4ccc5c(c4)C(C)(C)c4ccccc4-5)c3cc21. The fraction of sp³-hybridized carbons (Fsp3) is 0.167. The first-order valence-corrected chi connectivity index (χ1v) is 25.1. The number of thioether (sulfide) groups is 1. The molecule has 13 rings (SSSR count). The van der Waals surface area contributed by atoms with E-state index in [1.54, 1.807) is 0 Å². The maximum atomic E-state index is 8.85. The zero-order valence-corrected chi connectivity index (χ0v) is 40.5. The van der Waals surface area contributed by atoms with Crippen molar-refractivity contribution in [2.24, 2.45) is 0 Å². The number of nitrogens with one attached hydrogen (secondary N) is 1. The van der Waals surface area contributed by atoms with Gasteiger partial charge in [-0.25, -0.2) is 0 Å². The Labute approximate surface area is 404 Å². The van der Waals surface area contributed by atoms with E-state index in [0.29, 0.717) is 5.04 Å². The van der Waals surface area contributed by atoms with Crippen LogP contribution < -0.4 is 0 Å². The van der Waals surface area contributed by atoms with Gasteiger partial charge in [-0.2, -0.15) is 0 Å². The molecule has 4 aliphatic carbocycles. The first-order valence-electron chi connectivity index (χ1n) is 24.3. The van der Waals surface area contributed by atoms with Crippen LogP contribution in [0.4, 0.5) is 0 Å². The van der Waals surface area contributed by atoms with Gasteiger partial charge in [0.15, 0.2) is 0 Å². The van der Waals surface area contributed by atoms with Crippen LogP contribution in [0.5, 0.6) is 0 Å². The van der Waals surface area contributed by atoms with Crippen molar-refractivity contribution in [3.05, 3.63) is 232 Å². The quantitative estimate of drug-likeness (QED) is 0.0791. The Balaban J connectivity index is 1.00. The Bertz CT molecular complexity index is 3730. The van der Waals surface area contributed by atoms with E-state index in [2.05, 4.69) is 205 Å². The summed E-state index contributed by atoms with van der Waals surface area (Å²) in [6.45, 7) is 14.5. The molecule has 2 heteroatoms. The van der Waals surface area contributed by atoms with Gasteiger partial charge in [-0.05, 0) is 171 Å². The zero-order chi connectivity index (χ0) is 46.3. The van der Waals surface area contributed by atoms with Crippen molar-refractivity contribution in [3.8, 4) is 44.5 Å². The highest BCUT2D eigenvalue weighted by Crippen LogP contribution is 2.57. The molecule has 9 aromatic rings. The predicted molar refractivity (Wildman–Crippen MR) is 290 cm³/mol. The standard InChI is InChI=1S/C66H53NS/c1-64(2)55-22-14-12-18-45(55)47-32-29-42(35-58(47)64)61-50-20-10-11-21-51(50)62(43-30-33-48-46-19-13-15-23-56(46)65(3,4)59(48)36-43)54-38-60-52(37-53(54)61)49-31-28-41(34-57(49)66(60,5)6)39-24-26-40(27-25-39)63(67)68-44-16-8-7-9-17-44/h7-27,29-30,32-38,67H,28,31H2,1-6H3. The van der Waals surface area contributed by atoms with Crippen LogP contribution in [0.3, 0.4) is 0 Å². The largest absolute Gasteiger partial charge is 0.293 e. The molecule has 0 bridgehead atoms. The average molecular weight is 892 g/mol. The van der Waals surface area contributed by atoms with E-state index in [4.69, 9.17) is 5.41 Å². The zero-order valence-electron chi connectivity index (χ0n) is 39.6. The van der Waals surface area contributed by atoms with Gasteiger partial charge in [0, 0.05) is 26.7 Å². The van der Waals surface area contributed by atoms with Gasteiger partial charge in [-0.3, -0.25) is 5.41 Å². The summed E-state index contributed by atoms with van der Waals surface area (Å²) < 4.78 is 0. The number of benzene rings is 9. The second kappa shape index (κ2) is 14.7. The molecule has 0 saturated carbocycles. The van der Waals surface area contributed by atoms with E-state index in [0.717, 1.165) is 23.3 Å². The Morgan fingerprint density at radius 1 is 0.412 bits per heavy atom. The van der Waals surface area contributed by atoms with Crippen molar-refractivity contribution < 1.29 is 0 Å². The first kappa shape index (κ1) is 41.2. The minimum Gasteiger partial charge on any atom is -0.293 e. The van der Waals surface area contributed by atoms with Crippen molar-refractivity contribution in [2.75, 3.05) is 0 Å². The van der Waals surface area contributed by atoms with Gasteiger partial charge < -0.3 is 0 Å². The van der Waals surface area contributed by atoms with E-state index < -0.39 is 0 Å². The highest BCUT2D eigenvalue weighted by atomic mass is 32.2.